The molecule has 0 saturated heterocycles. The third kappa shape index (κ3) is 0.649. The molecule has 0 aliphatic heterocycles. The van der Waals surface area contributed by atoms with Crippen LogP contribution in [0, 0.1) is 35.0 Å². The third-order valence-corrected chi connectivity index (χ3v) is 6.44. The van der Waals surface area contributed by atoms with E-state index in [1.54, 1.807) is 38.5 Å². The molecule has 72 valence electrons. The van der Waals surface area contributed by atoms with E-state index in [1.807, 2.05) is 0 Å². The second-order valence-electron chi connectivity index (χ2n) is 6.46. The summed E-state index contributed by atoms with van der Waals surface area (Å²) in [4.78, 5) is 0. The van der Waals surface area contributed by atoms with Crippen LogP contribution in [0.2, 0.25) is 0 Å². The van der Waals surface area contributed by atoms with E-state index in [9.17, 15) is 0 Å². The number of hydrogen-bond donors (Lipinski definition) is 0. The Hall–Kier alpha value is 0. The molecule has 0 heteroatoms. The van der Waals surface area contributed by atoms with Crippen LogP contribution >= 0.6 is 0 Å². The van der Waals surface area contributed by atoms with Gasteiger partial charge in [-0.2, -0.15) is 0 Å². The first-order valence-electron chi connectivity index (χ1n) is 6.29. The van der Waals surface area contributed by atoms with E-state index in [0.717, 1.165) is 23.2 Å². The molecule has 4 saturated carbocycles. The molecule has 6 unspecified atom stereocenters. The van der Waals surface area contributed by atoms with Crippen molar-refractivity contribution in [2.75, 3.05) is 0 Å². The van der Waals surface area contributed by atoms with Crippen molar-refractivity contribution < 1.29 is 0 Å². The van der Waals surface area contributed by atoms with Crippen LogP contribution in [0.5, 0.6) is 0 Å². The SMILES string of the molecule is CC1C2CCC3CC4CC1CC34C2. The maximum Gasteiger partial charge on any atom is -0.0235 e. The summed E-state index contributed by atoms with van der Waals surface area (Å²) in [6.45, 7) is 2.55. The highest BCUT2D eigenvalue weighted by atomic mass is 14.7. The van der Waals surface area contributed by atoms with Crippen LogP contribution in [0.1, 0.15) is 45.4 Å². The molecular formula is C13H20. The van der Waals surface area contributed by atoms with E-state index in [1.165, 1.54) is 11.8 Å². The minimum absolute atomic E-state index is 0.931. The Bertz CT molecular complexity index is 255. The molecule has 4 aliphatic rings. The molecule has 4 aliphatic carbocycles. The maximum absolute atomic E-state index is 2.55. The minimum Gasteiger partial charge on any atom is -0.0620 e. The van der Waals surface area contributed by atoms with Crippen LogP contribution in [-0.4, -0.2) is 0 Å². The maximum atomic E-state index is 2.55. The average molecular weight is 176 g/mol. The number of fused-ring (bicyclic) bond motifs is 2. The predicted molar refractivity (Wildman–Crippen MR) is 53.3 cm³/mol. The predicted octanol–water partition coefficient (Wildman–Crippen LogP) is 3.47. The fourth-order valence-corrected chi connectivity index (χ4v) is 5.65. The molecule has 6 atom stereocenters. The van der Waals surface area contributed by atoms with Crippen molar-refractivity contribution in [3.8, 4) is 0 Å². The van der Waals surface area contributed by atoms with Crippen LogP contribution < -0.4 is 0 Å². The molecular weight excluding hydrogens is 156 g/mol. The topological polar surface area (TPSA) is 0 Å². The van der Waals surface area contributed by atoms with Gasteiger partial charge in [0.2, 0.25) is 0 Å². The lowest BCUT2D eigenvalue weighted by molar-refractivity contribution is -0.104. The Labute approximate surface area is 81.1 Å². The molecule has 13 heavy (non-hydrogen) atoms. The van der Waals surface area contributed by atoms with E-state index in [-0.39, 0.29) is 0 Å². The molecule has 4 fully saturated rings. The largest absolute Gasteiger partial charge is 0.0620 e. The van der Waals surface area contributed by atoms with E-state index >= 15 is 0 Å². The lowest BCUT2D eigenvalue weighted by atomic mass is 9.45. The van der Waals surface area contributed by atoms with Gasteiger partial charge in [-0.15, -0.1) is 0 Å². The van der Waals surface area contributed by atoms with Crippen LogP contribution in [0.15, 0.2) is 0 Å². The Kier molecular flexibility index (Phi) is 1.12. The van der Waals surface area contributed by atoms with Crippen LogP contribution in [0.3, 0.4) is 0 Å². The normalized spacial score (nSPS) is 67.6. The molecule has 0 aromatic rings. The van der Waals surface area contributed by atoms with E-state index in [0.29, 0.717) is 0 Å². The van der Waals surface area contributed by atoms with Gasteiger partial charge < -0.3 is 0 Å². The lowest BCUT2D eigenvalue weighted by Crippen LogP contribution is -2.51. The molecule has 0 aromatic heterocycles. The monoisotopic (exact) mass is 176 g/mol. The molecule has 1 spiro atoms. The summed E-state index contributed by atoms with van der Waals surface area (Å²) in [5, 5.41) is 0. The molecule has 0 amide bonds. The van der Waals surface area contributed by atoms with Crippen molar-refractivity contribution in [3.63, 3.8) is 0 Å². The second-order valence-corrected chi connectivity index (χ2v) is 6.46. The highest BCUT2D eigenvalue weighted by Gasteiger charge is 2.65. The first-order valence-corrected chi connectivity index (χ1v) is 6.29. The van der Waals surface area contributed by atoms with Crippen molar-refractivity contribution in [2.45, 2.75) is 45.4 Å². The zero-order valence-electron chi connectivity index (χ0n) is 8.63. The van der Waals surface area contributed by atoms with Crippen LogP contribution in [0.4, 0.5) is 0 Å². The van der Waals surface area contributed by atoms with Gasteiger partial charge >= 0.3 is 0 Å². The highest BCUT2D eigenvalue weighted by Crippen LogP contribution is 2.74. The Morgan fingerprint density at radius 3 is 2.69 bits per heavy atom. The molecule has 0 nitrogen and oxygen atoms in total. The molecule has 0 radical (unpaired) electrons. The average Bonchev–Trinajstić information content (AvgIpc) is 2.39. The molecule has 4 rings (SSSR count). The van der Waals surface area contributed by atoms with E-state index in [4.69, 9.17) is 0 Å². The zero-order chi connectivity index (χ0) is 8.63. The van der Waals surface area contributed by atoms with Gasteiger partial charge in [0, 0.05) is 0 Å². The van der Waals surface area contributed by atoms with Gasteiger partial charge in [-0.05, 0) is 73.5 Å². The van der Waals surface area contributed by atoms with Crippen molar-refractivity contribution in [3.05, 3.63) is 0 Å². The van der Waals surface area contributed by atoms with E-state index in [2.05, 4.69) is 6.92 Å². The summed E-state index contributed by atoms with van der Waals surface area (Å²) in [5.41, 5.74) is 0.931. The van der Waals surface area contributed by atoms with Crippen molar-refractivity contribution in [1.29, 1.82) is 0 Å². The Morgan fingerprint density at radius 2 is 1.77 bits per heavy atom. The van der Waals surface area contributed by atoms with Crippen LogP contribution in [0.25, 0.3) is 0 Å². The first-order chi connectivity index (χ1) is 6.29. The lowest BCUT2D eigenvalue weighted by Gasteiger charge is -2.60. The number of rotatable bonds is 0. The first kappa shape index (κ1) is 7.31. The van der Waals surface area contributed by atoms with Gasteiger partial charge in [0.05, 0.1) is 0 Å². The summed E-state index contributed by atoms with van der Waals surface area (Å²) in [6, 6.07) is 0. The summed E-state index contributed by atoms with van der Waals surface area (Å²) < 4.78 is 0. The van der Waals surface area contributed by atoms with Gasteiger partial charge in [0.25, 0.3) is 0 Å². The third-order valence-electron chi connectivity index (χ3n) is 6.44. The number of hydrogen-bond acceptors (Lipinski definition) is 0. The molecule has 0 N–H and O–H groups in total. The summed E-state index contributed by atoms with van der Waals surface area (Å²) in [6.07, 6.45) is 9.69. The highest BCUT2D eigenvalue weighted by molar-refractivity contribution is 5.14. The van der Waals surface area contributed by atoms with Crippen molar-refractivity contribution in [2.24, 2.45) is 35.0 Å². The molecule has 0 aromatic carbocycles. The summed E-state index contributed by atoms with van der Waals surface area (Å²) in [7, 11) is 0. The molecule has 0 heterocycles. The standard InChI is InChI=1S/C13H20/c1-8-9-2-3-11-5-12-4-10(8)7-13(11,12)6-9/h8-12H,2-7H2,1H3. The van der Waals surface area contributed by atoms with Crippen molar-refractivity contribution >= 4 is 0 Å². The van der Waals surface area contributed by atoms with Gasteiger partial charge in [0.1, 0.15) is 0 Å². The van der Waals surface area contributed by atoms with Gasteiger partial charge in [-0.1, -0.05) is 6.92 Å². The van der Waals surface area contributed by atoms with Gasteiger partial charge in [-0.3, -0.25) is 0 Å². The Morgan fingerprint density at radius 1 is 0.923 bits per heavy atom. The van der Waals surface area contributed by atoms with Crippen LogP contribution in [-0.2, 0) is 0 Å². The molecule has 3 bridgehead atoms. The fraction of sp³-hybridized carbons (Fsp3) is 1.00. The second kappa shape index (κ2) is 1.99. The van der Waals surface area contributed by atoms with E-state index < -0.39 is 0 Å². The minimum atomic E-state index is 0.931. The smallest absolute Gasteiger partial charge is 0.0235 e. The Balaban J connectivity index is 1.80. The van der Waals surface area contributed by atoms with Gasteiger partial charge in [0.15, 0.2) is 0 Å². The zero-order valence-corrected chi connectivity index (χ0v) is 8.63. The summed E-state index contributed by atoms with van der Waals surface area (Å²) in [5.74, 6) is 5.74. The fourth-order valence-electron chi connectivity index (χ4n) is 5.65. The van der Waals surface area contributed by atoms with Crippen molar-refractivity contribution in [1.82, 2.24) is 0 Å². The quantitative estimate of drug-likeness (QED) is 0.530. The van der Waals surface area contributed by atoms with Gasteiger partial charge in [-0.25, -0.2) is 0 Å². The summed E-state index contributed by atoms with van der Waals surface area (Å²) >= 11 is 0.